The first kappa shape index (κ1) is 21.2. The van der Waals surface area contributed by atoms with Crippen LogP contribution in [0.5, 0.6) is 0 Å². The number of carbonyl (C=O) groups is 1. The number of aromatic nitrogens is 3. The third-order valence-corrected chi connectivity index (χ3v) is 5.97. The molecule has 0 atom stereocenters. The van der Waals surface area contributed by atoms with Crippen LogP contribution in [-0.4, -0.2) is 30.7 Å². The van der Waals surface area contributed by atoms with E-state index in [-0.39, 0.29) is 24.6 Å². The van der Waals surface area contributed by atoms with E-state index in [1.54, 1.807) is 62.2 Å². The molecule has 1 aliphatic heterocycles. The topological polar surface area (TPSA) is 71.2 Å². The third kappa shape index (κ3) is 3.66. The van der Waals surface area contributed by atoms with Gasteiger partial charge in [0.15, 0.2) is 0 Å². The van der Waals surface area contributed by atoms with Gasteiger partial charge in [-0.2, -0.15) is 5.10 Å². The number of hydrogen-bond acceptors (Lipinski definition) is 4. The van der Waals surface area contributed by atoms with Crippen molar-refractivity contribution >= 4 is 16.8 Å². The number of nitrogens with zero attached hydrogens (tertiary/aromatic N) is 4. The molecule has 0 bridgehead atoms. The molecule has 8 heteroatoms. The number of aliphatic hydroxyl groups is 1. The van der Waals surface area contributed by atoms with E-state index in [1.165, 1.54) is 17.0 Å². The van der Waals surface area contributed by atoms with Crippen LogP contribution >= 0.6 is 0 Å². The fraction of sp³-hybridized carbons (Fsp3) is 0.240. The predicted molar refractivity (Wildman–Crippen MR) is 119 cm³/mol. The second kappa shape index (κ2) is 7.45. The molecule has 4 aromatic rings. The van der Waals surface area contributed by atoms with Crippen molar-refractivity contribution in [3.63, 3.8) is 0 Å². The van der Waals surface area contributed by atoms with Crippen molar-refractivity contribution in [2.24, 2.45) is 7.05 Å². The molecule has 0 saturated heterocycles. The first-order valence-corrected chi connectivity index (χ1v) is 10.5. The van der Waals surface area contributed by atoms with Crippen LogP contribution in [0.25, 0.3) is 22.0 Å². The quantitative estimate of drug-likeness (QED) is 0.506. The van der Waals surface area contributed by atoms with Gasteiger partial charge in [-0.25, -0.2) is 8.78 Å². The normalized spacial score (nSPS) is 13.8. The minimum atomic E-state index is -1.17. The number of aryl methyl sites for hydroxylation is 1. The molecule has 1 N–H and O–H groups in total. The van der Waals surface area contributed by atoms with Crippen molar-refractivity contribution in [3.8, 4) is 11.1 Å². The SMILES string of the molecule is Cn1cc2c(C(C)(C)O)cc(-c3cc(F)c(CN4Cc5ncccc5C4=O)c(F)c3)cc2n1. The highest BCUT2D eigenvalue weighted by Gasteiger charge is 2.30. The van der Waals surface area contributed by atoms with E-state index in [1.807, 2.05) is 0 Å². The molecule has 3 heterocycles. The Kier molecular flexibility index (Phi) is 4.79. The summed E-state index contributed by atoms with van der Waals surface area (Å²) in [6.45, 7) is 3.33. The summed E-state index contributed by atoms with van der Waals surface area (Å²) in [5, 5.41) is 15.8. The van der Waals surface area contributed by atoms with Crippen LogP contribution in [0.2, 0.25) is 0 Å². The summed E-state index contributed by atoms with van der Waals surface area (Å²) in [7, 11) is 1.77. The number of rotatable bonds is 4. The number of pyridine rings is 1. The molecule has 0 radical (unpaired) electrons. The van der Waals surface area contributed by atoms with Crippen LogP contribution in [0, 0.1) is 11.6 Å². The van der Waals surface area contributed by atoms with E-state index in [4.69, 9.17) is 0 Å². The number of benzene rings is 2. The van der Waals surface area contributed by atoms with Gasteiger partial charge in [-0.1, -0.05) is 0 Å². The van der Waals surface area contributed by atoms with Crippen LogP contribution in [0.1, 0.15) is 41.0 Å². The summed E-state index contributed by atoms with van der Waals surface area (Å²) in [6, 6.07) is 9.30. The van der Waals surface area contributed by atoms with E-state index in [2.05, 4.69) is 10.1 Å². The summed E-state index contributed by atoms with van der Waals surface area (Å²) in [4.78, 5) is 18.1. The van der Waals surface area contributed by atoms with Crippen LogP contribution in [0.3, 0.4) is 0 Å². The van der Waals surface area contributed by atoms with Crippen molar-refractivity contribution in [3.05, 3.63) is 82.8 Å². The van der Waals surface area contributed by atoms with Gasteiger partial charge >= 0.3 is 0 Å². The van der Waals surface area contributed by atoms with Gasteiger partial charge in [-0.05, 0) is 66.9 Å². The fourth-order valence-corrected chi connectivity index (χ4v) is 4.34. The Bertz CT molecular complexity index is 1400. The van der Waals surface area contributed by atoms with Crippen LogP contribution in [0.4, 0.5) is 8.78 Å². The van der Waals surface area contributed by atoms with Gasteiger partial charge in [-0.15, -0.1) is 0 Å². The lowest BCUT2D eigenvalue weighted by Gasteiger charge is -2.20. The lowest BCUT2D eigenvalue weighted by atomic mass is 9.91. The van der Waals surface area contributed by atoms with Crippen LogP contribution < -0.4 is 0 Å². The highest BCUT2D eigenvalue weighted by Crippen LogP contribution is 2.35. The maximum Gasteiger partial charge on any atom is 0.256 e. The van der Waals surface area contributed by atoms with E-state index in [0.29, 0.717) is 33.5 Å². The minimum Gasteiger partial charge on any atom is -0.386 e. The van der Waals surface area contributed by atoms with Crippen molar-refractivity contribution in [1.29, 1.82) is 0 Å². The number of fused-ring (bicyclic) bond motifs is 2. The predicted octanol–water partition coefficient (Wildman–Crippen LogP) is 4.30. The van der Waals surface area contributed by atoms with Crippen LogP contribution in [-0.2, 0) is 25.7 Å². The van der Waals surface area contributed by atoms with Gasteiger partial charge in [0.2, 0.25) is 0 Å². The number of amides is 1. The molecule has 1 aliphatic rings. The zero-order valence-corrected chi connectivity index (χ0v) is 18.4. The second-order valence-corrected chi connectivity index (χ2v) is 8.90. The summed E-state index contributed by atoms with van der Waals surface area (Å²) < 4.78 is 31.8. The molecule has 33 heavy (non-hydrogen) atoms. The van der Waals surface area contributed by atoms with E-state index >= 15 is 8.78 Å². The number of hydrogen-bond donors (Lipinski definition) is 1. The molecule has 0 aliphatic carbocycles. The van der Waals surface area contributed by atoms with Crippen molar-refractivity contribution in [2.75, 3.05) is 0 Å². The molecule has 1 amide bonds. The summed E-state index contributed by atoms with van der Waals surface area (Å²) >= 11 is 0. The van der Waals surface area contributed by atoms with Gasteiger partial charge in [0.25, 0.3) is 5.91 Å². The Morgan fingerprint density at radius 3 is 2.48 bits per heavy atom. The highest BCUT2D eigenvalue weighted by atomic mass is 19.1. The lowest BCUT2D eigenvalue weighted by molar-refractivity contribution is 0.0762. The first-order valence-electron chi connectivity index (χ1n) is 10.5. The minimum absolute atomic E-state index is 0.179. The Labute approximate surface area is 189 Å². The second-order valence-electron chi connectivity index (χ2n) is 8.90. The monoisotopic (exact) mass is 448 g/mol. The van der Waals surface area contributed by atoms with Crippen molar-refractivity contribution < 1.29 is 18.7 Å². The molecule has 0 fully saturated rings. The van der Waals surface area contributed by atoms with Crippen LogP contribution in [0.15, 0.2) is 48.8 Å². The summed E-state index contributed by atoms with van der Waals surface area (Å²) in [5.41, 5.74) is 1.79. The van der Waals surface area contributed by atoms with Gasteiger partial charge in [-0.3, -0.25) is 14.5 Å². The maximum absolute atomic E-state index is 15.1. The molecule has 168 valence electrons. The molecular weight excluding hydrogens is 426 g/mol. The van der Waals surface area contributed by atoms with Gasteiger partial charge in [0, 0.05) is 30.4 Å². The Balaban J connectivity index is 1.52. The summed E-state index contributed by atoms with van der Waals surface area (Å²) in [5.74, 6) is -1.78. The smallest absolute Gasteiger partial charge is 0.256 e. The van der Waals surface area contributed by atoms with Gasteiger partial charge in [0.05, 0.1) is 35.5 Å². The van der Waals surface area contributed by atoms with E-state index < -0.39 is 17.2 Å². The summed E-state index contributed by atoms with van der Waals surface area (Å²) in [6.07, 6.45) is 3.39. The maximum atomic E-state index is 15.1. The molecule has 5 rings (SSSR count). The lowest BCUT2D eigenvalue weighted by Crippen LogP contribution is -2.24. The first-order chi connectivity index (χ1) is 15.6. The van der Waals surface area contributed by atoms with Crippen molar-refractivity contribution in [1.82, 2.24) is 19.7 Å². The third-order valence-electron chi connectivity index (χ3n) is 5.97. The average Bonchev–Trinajstić information content (AvgIpc) is 3.28. The molecule has 0 unspecified atom stereocenters. The molecular formula is C25H22F2N4O2. The Hall–Kier alpha value is -3.65. The zero-order chi connectivity index (χ0) is 23.5. The van der Waals surface area contributed by atoms with Gasteiger partial charge < -0.3 is 10.0 Å². The number of halogens is 2. The van der Waals surface area contributed by atoms with Gasteiger partial charge in [0.1, 0.15) is 11.6 Å². The fourth-order valence-electron chi connectivity index (χ4n) is 4.34. The Morgan fingerprint density at radius 2 is 1.82 bits per heavy atom. The highest BCUT2D eigenvalue weighted by molar-refractivity contribution is 5.97. The molecule has 2 aromatic carbocycles. The standard InChI is InChI=1S/C25H22F2N4O2/c1-25(2,33)19-7-14(10-22-17(19)11-30(3)29-22)15-8-20(26)18(21(27)9-15)12-31-13-23-16(24(31)32)5-4-6-28-23/h4-11,33H,12-13H2,1-3H3. The average molecular weight is 448 g/mol. The Morgan fingerprint density at radius 1 is 1.12 bits per heavy atom. The zero-order valence-electron chi connectivity index (χ0n) is 18.4. The number of carbonyl (C=O) groups excluding carboxylic acids is 1. The molecule has 6 nitrogen and oxygen atoms in total. The molecule has 2 aromatic heterocycles. The van der Waals surface area contributed by atoms with Crippen molar-refractivity contribution in [2.45, 2.75) is 32.5 Å². The largest absolute Gasteiger partial charge is 0.386 e. The van der Waals surface area contributed by atoms with E-state index in [0.717, 1.165) is 5.39 Å². The molecule has 0 spiro atoms. The molecule has 0 saturated carbocycles. The van der Waals surface area contributed by atoms with E-state index in [9.17, 15) is 9.90 Å².